The fraction of sp³-hybridized carbons (Fsp3) is 0.893. The van der Waals surface area contributed by atoms with E-state index in [4.69, 9.17) is 14.2 Å². The van der Waals surface area contributed by atoms with E-state index in [1.165, 1.54) is 0 Å². The lowest BCUT2D eigenvalue weighted by Crippen LogP contribution is -2.53. The number of hydrogen-bond donors (Lipinski definition) is 6. The molecule has 1 aliphatic carbocycles. The van der Waals surface area contributed by atoms with Gasteiger partial charge in [-0.2, -0.15) is 0 Å². The molecule has 0 aromatic carbocycles. The number of carbonyl (C=O) groups is 9. The monoisotopic (exact) mass is 1440 g/mol. The third-order valence-electron chi connectivity index (χ3n) is 20.4. The fourth-order valence-corrected chi connectivity index (χ4v) is 13.5. The van der Waals surface area contributed by atoms with Crippen LogP contribution in [-0.4, -0.2) is 136 Å². The van der Waals surface area contributed by atoms with E-state index in [9.17, 15) is 53.4 Å². The molecule has 4 saturated heterocycles. The first kappa shape index (κ1) is 96.0. The first-order valence-corrected chi connectivity index (χ1v) is 38.6. The minimum atomic E-state index is -0.863. The second kappa shape index (κ2) is 37.2. The van der Waals surface area contributed by atoms with Gasteiger partial charge in [0.15, 0.2) is 28.9 Å². The summed E-state index contributed by atoms with van der Waals surface area (Å²) in [4.78, 5) is 112. The number of ketones is 5. The molecule has 4 aliphatic heterocycles. The van der Waals surface area contributed by atoms with Gasteiger partial charge >= 0.3 is 0 Å². The molecule has 2 bridgehead atoms. The molecule has 5 rings (SSSR count). The highest BCUT2D eigenvalue weighted by atomic mass is 16.5. The molecule has 18 heteroatoms. The van der Waals surface area contributed by atoms with Crippen LogP contribution < -0.4 is 21.3 Å². The van der Waals surface area contributed by atoms with Crippen LogP contribution >= 0.6 is 0 Å². The second-order valence-electron chi connectivity index (χ2n) is 42.4. The number of fused-ring (bicyclic) bond motifs is 2. The second-order valence-corrected chi connectivity index (χ2v) is 42.4. The summed E-state index contributed by atoms with van der Waals surface area (Å²) in [5.74, 6) is 1.11. The molecule has 5 fully saturated rings. The van der Waals surface area contributed by atoms with Gasteiger partial charge in [0.2, 0.25) is 23.6 Å². The lowest BCUT2D eigenvalue weighted by Gasteiger charge is -2.37. The summed E-state index contributed by atoms with van der Waals surface area (Å²) >= 11 is 0. The van der Waals surface area contributed by atoms with Gasteiger partial charge in [-0.3, -0.25) is 43.2 Å². The minimum absolute atomic E-state index is 0.0151. The number of nitrogens with one attached hydrogen (secondary N) is 4. The Morgan fingerprint density at radius 2 is 0.706 bits per heavy atom. The van der Waals surface area contributed by atoms with Gasteiger partial charge < -0.3 is 45.7 Å². The first-order valence-electron chi connectivity index (χ1n) is 38.6. The maximum Gasteiger partial charge on any atom is 0.221 e. The van der Waals surface area contributed by atoms with Crippen LogP contribution in [0.5, 0.6) is 0 Å². The molecule has 0 radical (unpaired) electrons. The van der Waals surface area contributed by atoms with Gasteiger partial charge in [0.25, 0.3) is 0 Å². The van der Waals surface area contributed by atoms with Gasteiger partial charge in [-0.15, -0.1) is 0 Å². The van der Waals surface area contributed by atoms with Crippen molar-refractivity contribution < 1.29 is 67.6 Å². The lowest BCUT2D eigenvalue weighted by molar-refractivity contribution is -0.140. The molecule has 102 heavy (non-hydrogen) atoms. The largest absolute Gasteiger partial charge is 0.390 e. The SMILES string of the molecule is CC(C)(C)C(=O)C(NC(=O)CC1CC2CCC1O2)C(C)(C)C.CC(C)(C)C(=O)C(O)C(C)(C)C.CC1(CC(=O)NC(C(=O)C(C)(C)C)C(C)(C)C)CCOCC1.CC1(O)CCC(CC(=O)NC(C(=O)C(C)(C)C)C(C)(C)C)CC1.CC1CC(CC(=O)NC(C(=O)C(C)(C)C)C(C)(C)C)CC(C)O1. The number of Topliss-reactive ketones (excluding diaryl/α,β-unsaturated/α-hetero) is 5. The van der Waals surface area contributed by atoms with Crippen LogP contribution in [0, 0.1) is 77.3 Å². The zero-order valence-corrected chi connectivity index (χ0v) is 71.2. The summed E-state index contributed by atoms with van der Waals surface area (Å²) < 4.78 is 16.9. The highest BCUT2D eigenvalue weighted by Crippen LogP contribution is 2.42. The van der Waals surface area contributed by atoms with Crippen LogP contribution in [0.1, 0.15) is 332 Å². The summed E-state index contributed by atoms with van der Waals surface area (Å²) in [6, 6.07) is -1.82. The van der Waals surface area contributed by atoms with Crippen molar-refractivity contribution in [3.63, 3.8) is 0 Å². The number of amides is 4. The van der Waals surface area contributed by atoms with E-state index in [1.807, 2.05) is 215 Å². The van der Waals surface area contributed by atoms with Crippen molar-refractivity contribution in [1.29, 1.82) is 0 Å². The molecule has 0 spiro atoms. The average molecular weight is 1440 g/mol. The number of rotatable bonds is 17. The average Bonchev–Trinajstić information content (AvgIpc) is 1.45. The smallest absolute Gasteiger partial charge is 0.221 e. The van der Waals surface area contributed by atoms with Crippen molar-refractivity contribution in [2.45, 2.75) is 392 Å². The molecule has 0 aromatic rings. The van der Waals surface area contributed by atoms with E-state index in [0.717, 1.165) is 70.6 Å². The van der Waals surface area contributed by atoms with Gasteiger partial charge in [-0.1, -0.05) is 215 Å². The standard InChI is InChI=1S/2C19H35NO3.C18H31NO3.C18H33NO3.C10H20O2/c1-12-9-14(10-13(2)23-12)11-15(21)20-16(18(3,4)5)17(22)19(6,7)8;1-17(2,3)15(16(22)18(4,5)6)20-14(21)12-13-8-10-19(7,23)11-9-13;1-17(2,3)15(16(21)18(4,5)6)19-14(20)10-11-9-12-7-8-13(11)22-12;1-16(2,3)14(15(21)17(4,5)6)19-13(20)12-18(7)8-10-22-11-9-18;1-9(2,3)7(11)8(12)10(4,5)6/h12-14,16H,9-11H2,1-8H3,(H,20,21);13,15,23H,8-12H2,1-7H3,(H,20,21);11-13,15H,7-10H2,1-6H3,(H,19,20);14H,8-12H2,1-7H3,(H,19,20);7,11H,1-6H3. The number of ether oxygens (including phenoxy) is 3. The topological polar surface area (TPSA) is 270 Å². The Bertz CT molecular complexity index is 2720. The molecular formula is C84H154N4O14. The molecule has 5 aliphatic rings. The van der Waals surface area contributed by atoms with Crippen LogP contribution in [0.3, 0.4) is 0 Å². The van der Waals surface area contributed by atoms with Crippen LogP contribution in [0.15, 0.2) is 0 Å². The predicted octanol–water partition coefficient (Wildman–Crippen LogP) is 15.6. The number of aliphatic hydroxyl groups is 2. The number of aliphatic hydroxyl groups excluding tert-OH is 1. The van der Waals surface area contributed by atoms with E-state index in [0.29, 0.717) is 62.8 Å². The van der Waals surface area contributed by atoms with Crippen LogP contribution in [0.25, 0.3) is 0 Å². The lowest BCUT2D eigenvalue weighted by atomic mass is 9.75. The van der Waals surface area contributed by atoms with Crippen LogP contribution in [0.2, 0.25) is 0 Å². The van der Waals surface area contributed by atoms with Crippen molar-refractivity contribution in [3.8, 4) is 0 Å². The fourth-order valence-electron chi connectivity index (χ4n) is 13.5. The summed E-state index contributed by atoms with van der Waals surface area (Å²) in [7, 11) is 0. The number of hydrogen-bond acceptors (Lipinski definition) is 14. The molecule has 594 valence electrons. The Balaban J connectivity index is 0.000000646. The summed E-state index contributed by atoms with van der Waals surface area (Å²) in [5.41, 5.74) is -4.46. The molecule has 4 amide bonds. The summed E-state index contributed by atoms with van der Waals surface area (Å²) in [6.45, 7) is 67.4. The maximum atomic E-state index is 12.7. The van der Waals surface area contributed by atoms with Gasteiger partial charge in [-0.25, -0.2) is 0 Å². The number of carbonyl (C=O) groups excluding carboxylic acids is 9. The highest BCUT2D eigenvalue weighted by Gasteiger charge is 2.46. The summed E-state index contributed by atoms with van der Waals surface area (Å²) in [5, 5.41) is 31.6. The van der Waals surface area contributed by atoms with E-state index < -0.39 is 62.9 Å². The van der Waals surface area contributed by atoms with E-state index in [1.54, 1.807) is 0 Å². The zero-order valence-electron chi connectivity index (χ0n) is 71.2. The summed E-state index contributed by atoms with van der Waals surface area (Å²) in [6.07, 6.45) is 12.0. The molecule has 10 unspecified atom stereocenters. The molecule has 4 heterocycles. The van der Waals surface area contributed by atoms with Crippen LogP contribution in [0.4, 0.5) is 0 Å². The third-order valence-corrected chi connectivity index (χ3v) is 20.4. The Hall–Kier alpha value is -3.97. The predicted molar refractivity (Wildman–Crippen MR) is 411 cm³/mol. The maximum absolute atomic E-state index is 12.7. The van der Waals surface area contributed by atoms with Gasteiger partial charge in [-0.05, 0) is 142 Å². The minimum Gasteiger partial charge on any atom is -0.390 e. The van der Waals surface area contributed by atoms with Crippen molar-refractivity contribution >= 4 is 52.5 Å². The van der Waals surface area contributed by atoms with Crippen LogP contribution in [-0.2, 0) is 57.4 Å². The zero-order chi connectivity index (χ0) is 80.1. The Kier molecular flexibility index (Phi) is 35.1. The van der Waals surface area contributed by atoms with E-state index >= 15 is 0 Å². The van der Waals surface area contributed by atoms with Gasteiger partial charge in [0.05, 0.1) is 54.2 Å². The molecule has 0 aromatic heterocycles. The Morgan fingerprint density at radius 1 is 0.392 bits per heavy atom. The first-order chi connectivity index (χ1) is 45.4. The highest BCUT2D eigenvalue weighted by molar-refractivity contribution is 5.95. The van der Waals surface area contributed by atoms with E-state index in [-0.39, 0.29) is 103 Å². The van der Waals surface area contributed by atoms with Crippen molar-refractivity contribution in [2.24, 2.45) is 77.3 Å². The van der Waals surface area contributed by atoms with Crippen molar-refractivity contribution in [3.05, 3.63) is 0 Å². The molecule has 1 saturated carbocycles. The normalized spacial score (nSPS) is 25.0. The third kappa shape index (κ3) is 33.9. The van der Waals surface area contributed by atoms with E-state index in [2.05, 4.69) is 42.0 Å². The molecule has 10 atom stereocenters. The molecule has 18 nitrogen and oxygen atoms in total. The molecular weight excluding hydrogens is 1290 g/mol. The van der Waals surface area contributed by atoms with Crippen molar-refractivity contribution in [2.75, 3.05) is 13.2 Å². The quantitative estimate of drug-likeness (QED) is 0.0791. The van der Waals surface area contributed by atoms with Gasteiger partial charge in [0, 0.05) is 66.0 Å². The molecule has 6 N–H and O–H groups in total. The van der Waals surface area contributed by atoms with Crippen molar-refractivity contribution in [1.82, 2.24) is 21.3 Å². The Morgan fingerprint density at radius 3 is 0.980 bits per heavy atom. The van der Waals surface area contributed by atoms with Gasteiger partial charge in [0.1, 0.15) is 6.10 Å². The Labute approximate surface area is 621 Å².